The Morgan fingerprint density at radius 3 is 1.52 bits per heavy atom. The van der Waals surface area contributed by atoms with Crippen LogP contribution in [-0.4, -0.2) is 53.1 Å². The van der Waals surface area contributed by atoms with E-state index in [1.54, 1.807) is 6.08 Å². The Balaban J connectivity index is 4.12. The van der Waals surface area contributed by atoms with E-state index in [0.29, 0.717) is 12.8 Å². The SMILES string of the molecule is CCC/C=C/CC/C=C/CC/C=C/C(O)C(CS(=O)(=O)O)NC(=O)C(O)CCCCCCCC/C=C\CCCCCCCCCC. The van der Waals surface area contributed by atoms with Gasteiger partial charge in [-0.15, -0.1) is 0 Å². The van der Waals surface area contributed by atoms with Gasteiger partial charge in [-0.25, -0.2) is 0 Å². The van der Waals surface area contributed by atoms with Gasteiger partial charge in [-0.1, -0.05) is 146 Å². The van der Waals surface area contributed by atoms with Crippen LogP contribution in [-0.2, 0) is 14.9 Å². The van der Waals surface area contributed by atoms with E-state index < -0.39 is 40.0 Å². The lowest BCUT2D eigenvalue weighted by molar-refractivity contribution is -0.130. The van der Waals surface area contributed by atoms with Gasteiger partial charge in [-0.3, -0.25) is 9.35 Å². The highest BCUT2D eigenvalue weighted by Crippen LogP contribution is 2.13. The normalized spacial score (nSPS) is 14.6. The summed E-state index contributed by atoms with van der Waals surface area (Å²) in [5.74, 6) is -1.58. The van der Waals surface area contributed by atoms with Crippen molar-refractivity contribution in [3.8, 4) is 0 Å². The van der Waals surface area contributed by atoms with E-state index in [2.05, 4.69) is 55.6 Å². The first-order chi connectivity index (χ1) is 22.2. The highest BCUT2D eigenvalue weighted by Gasteiger charge is 2.27. The Morgan fingerprint density at radius 1 is 0.587 bits per heavy atom. The quantitative estimate of drug-likeness (QED) is 0.0322. The van der Waals surface area contributed by atoms with E-state index in [4.69, 9.17) is 0 Å². The molecule has 268 valence electrons. The van der Waals surface area contributed by atoms with Crippen LogP contribution in [0.25, 0.3) is 0 Å². The van der Waals surface area contributed by atoms with Crippen molar-refractivity contribution in [2.24, 2.45) is 0 Å². The minimum atomic E-state index is -4.45. The topological polar surface area (TPSA) is 124 Å². The Bertz CT molecular complexity index is 927. The van der Waals surface area contributed by atoms with Crippen molar-refractivity contribution in [2.75, 3.05) is 5.75 Å². The third kappa shape index (κ3) is 30.9. The molecule has 0 aromatic carbocycles. The number of allylic oxidation sites excluding steroid dienone is 7. The van der Waals surface area contributed by atoms with E-state index >= 15 is 0 Å². The zero-order valence-corrected chi connectivity index (χ0v) is 30.1. The summed E-state index contributed by atoms with van der Waals surface area (Å²) < 4.78 is 32.3. The van der Waals surface area contributed by atoms with Crippen LogP contribution < -0.4 is 5.32 Å². The summed E-state index contributed by atoms with van der Waals surface area (Å²) in [5.41, 5.74) is 0. The molecule has 0 bridgehead atoms. The van der Waals surface area contributed by atoms with Crippen molar-refractivity contribution in [1.82, 2.24) is 5.32 Å². The first-order valence-corrected chi connectivity index (χ1v) is 20.1. The fourth-order valence-electron chi connectivity index (χ4n) is 5.19. The Hall–Kier alpha value is -1.74. The van der Waals surface area contributed by atoms with Crippen molar-refractivity contribution in [2.45, 2.75) is 180 Å². The van der Waals surface area contributed by atoms with Crippen LogP contribution in [0.2, 0.25) is 0 Å². The van der Waals surface area contributed by atoms with Crippen LogP contribution in [0.3, 0.4) is 0 Å². The molecule has 0 heterocycles. The molecule has 0 saturated carbocycles. The molecule has 0 aliphatic carbocycles. The molecule has 7 nitrogen and oxygen atoms in total. The van der Waals surface area contributed by atoms with Gasteiger partial charge in [0.25, 0.3) is 10.1 Å². The van der Waals surface area contributed by atoms with Crippen molar-refractivity contribution in [1.29, 1.82) is 0 Å². The second-order valence-electron chi connectivity index (χ2n) is 12.6. The van der Waals surface area contributed by atoms with E-state index in [9.17, 15) is 28.0 Å². The van der Waals surface area contributed by atoms with Crippen LogP contribution in [0.15, 0.2) is 48.6 Å². The van der Waals surface area contributed by atoms with E-state index in [-0.39, 0.29) is 6.42 Å². The van der Waals surface area contributed by atoms with Crippen molar-refractivity contribution < 1.29 is 28.0 Å². The van der Waals surface area contributed by atoms with Gasteiger partial charge in [-0.05, 0) is 64.2 Å². The number of unbranched alkanes of at least 4 members (excludes halogenated alkanes) is 17. The summed E-state index contributed by atoms with van der Waals surface area (Å²) in [7, 11) is -4.45. The van der Waals surface area contributed by atoms with Gasteiger partial charge in [0.05, 0.1) is 17.9 Å². The lowest BCUT2D eigenvalue weighted by Crippen LogP contribution is -2.50. The maximum Gasteiger partial charge on any atom is 0.267 e. The number of rotatable bonds is 32. The molecule has 0 fully saturated rings. The molecule has 0 saturated heterocycles. The van der Waals surface area contributed by atoms with Gasteiger partial charge in [0, 0.05) is 0 Å². The molecule has 0 rings (SSSR count). The molecule has 46 heavy (non-hydrogen) atoms. The Morgan fingerprint density at radius 2 is 1.02 bits per heavy atom. The molecular formula is C38H69NO6S. The van der Waals surface area contributed by atoms with Crippen LogP contribution in [0.1, 0.15) is 162 Å². The van der Waals surface area contributed by atoms with E-state index in [0.717, 1.165) is 57.8 Å². The molecule has 0 aliphatic heterocycles. The minimum Gasteiger partial charge on any atom is -0.387 e. The van der Waals surface area contributed by atoms with Gasteiger partial charge >= 0.3 is 0 Å². The predicted molar refractivity (Wildman–Crippen MR) is 194 cm³/mol. The fourth-order valence-corrected chi connectivity index (χ4v) is 5.93. The van der Waals surface area contributed by atoms with Gasteiger partial charge < -0.3 is 15.5 Å². The van der Waals surface area contributed by atoms with Crippen LogP contribution in [0, 0.1) is 0 Å². The van der Waals surface area contributed by atoms with Crippen LogP contribution in [0.4, 0.5) is 0 Å². The highest BCUT2D eigenvalue weighted by molar-refractivity contribution is 7.85. The lowest BCUT2D eigenvalue weighted by Gasteiger charge is -2.22. The molecule has 1 amide bonds. The number of carbonyl (C=O) groups excluding carboxylic acids is 1. The summed E-state index contributed by atoms with van der Waals surface area (Å²) in [4.78, 5) is 12.5. The lowest BCUT2D eigenvalue weighted by atomic mass is 10.0. The second kappa shape index (κ2) is 31.8. The molecule has 0 radical (unpaired) electrons. The van der Waals surface area contributed by atoms with Gasteiger partial charge in [0.2, 0.25) is 5.91 Å². The Labute approximate surface area is 282 Å². The Kier molecular flexibility index (Phi) is 30.6. The number of hydrogen-bond acceptors (Lipinski definition) is 5. The molecule has 0 aromatic rings. The zero-order chi connectivity index (χ0) is 34.1. The third-order valence-corrected chi connectivity index (χ3v) is 8.82. The average molecular weight is 668 g/mol. The van der Waals surface area contributed by atoms with Crippen molar-refractivity contribution >= 4 is 16.0 Å². The first-order valence-electron chi connectivity index (χ1n) is 18.4. The third-order valence-electron chi connectivity index (χ3n) is 8.04. The van der Waals surface area contributed by atoms with Gasteiger partial charge in [-0.2, -0.15) is 8.42 Å². The summed E-state index contributed by atoms with van der Waals surface area (Å²) in [6.45, 7) is 4.41. The minimum absolute atomic E-state index is 0.262. The summed E-state index contributed by atoms with van der Waals surface area (Å²) >= 11 is 0. The van der Waals surface area contributed by atoms with Crippen molar-refractivity contribution in [3.05, 3.63) is 48.6 Å². The molecular weight excluding hydrogens is 598 g/mol. The highest BCUT2D eigenvalue weighted by atomic mass is 32.2. The largest absolute Gasteiger partial charge is 0.387 e. The molecule has 3 unspecified atom stereocenters. The predicted octanol–water partition coefficient (Wildman–Crippen LogP) is 9.32. The van der Waals surface area contributed by atoms with Gasteiger partial charge in [0.15, 0.2) is 0 Å². The summed E-state index contributed by atoms with van der Waals surface area (Å²) in [5, 5.41) is 23.2. The summed E-state index contributed by atoms with van der Waals surface area (Å²) in [6, 6.07) is -1.26. The monoisotopic (exact) mass is 667 g/mol. The molecule has 0 aliphatic rings. The molecule has 8 heteroatoms. The maximum absolute atomic E-state index is 12.5. The molecule has 3 atom stereocenters. The fraction of sp³-hybridized carbons (Fsp3) is 0.763. The van der Waals surface area contributed by atoms with Gasteiger partial charge in [0.1, 0.15) is 6.10 Å². The summed E-state index contributed by atoms with van der Waals surface area (Å²) in [6.07, 6.45) is 38.9. The molecule has 0 aromatic heterocycles. The standard InChI is InChI=1S/C38H69NO6S/c1-3-5-7-9-11-13-15-16-17-18-19-20-21-23-25-27-29-31-33-37(41)38(42)39-35(34-46(43,44)45)36(40)32-30-28-26-24-22-14-12-10-8-6-4-2/h8,10,18-19,22,24,30,32,35-37,40-41H,3-7,9,11-17,20-21,23,25-29,31,33-34H2,1-2H3,(H,39,42)(H,43,44,45)/b10-8+,19-18-,24-22+,32-30+. The van der Waals surface area contributed by atoms with Crippen LogP contribution >= 0.6 is 0 Å². The van der Waals surface area contributed by atoms with E-state index in [1.807, 2.05) is 0 Å². The van der Waals surface area contributed by atoms with E-state index in [1.165, 1.54) is 76.7 Å². The number of aliphatic hydroxyl groups is 2. The number of amides is 1. The zero-order valence-electron chi connectivity index (χ0n) is 29.3. The first kappa shape index (κ1) is 44.3. The number of hydrogen-bond donors (Lipinski definition) is 4. The number of aliphatic hydroxyl groups excluding tert-OH is 2. The maximum atomic E-state index is 12.5. The smallest absolute Gasteiger partial charge is 0.267 e. The number of nitrogens with one attached hydrogen (secondary N) is 1. The van der Waals surface area contributed by atoms with Crippen LogP contribution in [0.5, 0.6) is 0 Å². The average Bonchev–Trinajstić information content (AvgIpc) is 3.01. The van der Waals surface area contributed by atoms with Crippen molar-refractivity contribution in [3.63, 3.8) is 0 Å². The molecule has 4 N–H and O–H groups in total. The second-order valence-corrected chi connectivity index (χ2v) is 14.1. The number of carbonyl (C=O) groups is 1. The molecule has 0 spiro atoms.